The minimum atomic E-state index is -4.34. The SMILES string of the molecule is CCCNc1nc(NCC(F)(F)F)nc(OC)n1. The van der Waals surface area contributed by atoms with Gasteiger partial charge >= 0.3 is 12.2 Å². The molecule has 0 saturated carbocycles. The van der Waals surface area contributed by atoms with E-state index in [0.29, 0.717) is 6.54 Å². The third-order valence-electron chi connectivity index (χ3n) is 1.78. The Hall–Kier alpha value is -1.80. The van der Waals surface area contributed by atoms with Crippen LogP contribution >= 0.6 is 0 Å². The summed E-state index contributed by atoms with van der Waals surface area (Å²) in [6.45, 7) is 1.33. The number of hydrogen-bond acceptors (Lipinski definition) is 6. The zero-order valence-corrected chi connectivity index (χ0v) is 10.0. The fourth-order valence-electron chi connectivity index (χ4n) is 1.02. The van der Waals surface area contributed by atoms with Gasteiger partial charge in [0, 0.05) is 6.54 Å². The van der Waals surface area contributed by atoms with Crippen LogP contribution in [0.15, 0.2) is 0 Å². The molecule has 0 aliphatic carbocycles. The summed E-state index contributed by atoms with van der Waals surface area (Å²) in [5, 5.41) is 4.91. The van der Waals surface area contributed by atoms with Gasteiger partial charge in [0.15, 0.2) is 0 Å². The molecule has 18 heavy (non-hydrogen) atoms. The van der Waals surface area contributed by atoms with Crippen LogP contribution in [-0.2, 0) is 0 Å². The Morgan fingerprint density at radius 2 is 1.72 bits per heavy atom. The normalized spacial score (nSPS) is 11.2. The van der Waals surface area contributed by atoms with Crippen molar-refractivity contribution in [1.82, 2.24) is 15.0 Å². The van der Waals surface area contributed by atoms with Crippen molar-refractivity contribution in [2.45, 2.75) is 19.5 Å². The van der Waals surface area contributed by atoms with Crippen LogP contribution in [0.5, 0.6) is 6.01 Å². The van der Waals surface area contributed by atoms with Crippen molar-refractivity contribution in [2.24, 2.45) is 0 Å². The van der Waals surface area contributed by atoms with E-state index in [-0.39, 0.29) is 17.9 Å². The van der Waals surface area contributed by atoms with E-state index < -0.39 is 12.7 Å². The van der Waals surface area contributed by atoms with Crippen molar-refractivity contribution in [3.8, 4) is 6.01 Å². The number of nitrogens with zero attached hydrogens (tertiary/aromatic N) is 3. The topological polar surface area (TPSA) is 72.0 Å². The smallest absolute Gasteiger partial charge is 0.405 e. The summed E-state index contributed by atoms with van der Waals surface area (Å²) in [5.41, 5.74) is 0. The van der Waals surface area contributed by atoms with Crippen LogP contribution in [0, 0.1) is 0 Å². The van der Waals surface area contributed by atoms with Crippen molar-refractivity contribution >= 4 is 11.9 Å². The van der Waals surface area contributed by atoms with E-state index >= 15 is 0 Å². The van der Waals surface area contributed by atoms with Crippen LogP contribution in [0.2, 0.25) is 0 Å². The van der Waals surface area contributed by atoms with E-state index in [2.05, 4.69) is 25.6 Å². The van der Waals surface area contributed by atoms with Gasteiger partial charge in [-0.15, -0.1) is 0 Å². The molecule has 0 atom stereocenters. The molecule has 0 fully saturated rings. The van der Waals surface area contributed by atoms with Crippen molar-refractivity contribution in [2.75, 3.05) is 30.8 Å². The third-order valence-corrected chi connectivity index (χ3v) is 1.78. The molecule has 0 saturated heterocycles. The number of aromatic nitrogens is 3. The lowest BCUT2D eigenvalue weighted by Gasteiger charge is -2.10. The largest absolute Gasteiger partial charge is 0.467 e. The second-order valence-corrected chi connectivity index (χ2v) is 3.36. The molecule has 102 valence electrons. The molecule has 1 heterocycles. The minimum absolute atomic E-state index is 0.0479. The maximum absolute atomic E-state index is 12.0. The van der Waals surface area contributed by atoms with Crippen molar-refractivity contribution in [1.29, 1.82) is 0 Å². The maximum Gasteiger partial charge on any atom is 0.405 e. The molecule has 0 aromatic carbocycles. The fourth-order valence-corrected chi connectivity index (χ4v) is 1.02. The van der Waals surface area contributed by atoms with Gasteiger partial charge in [-0.25, -0.2) is 0 Å². The molecule has 0 aliphatic rings. The molecule has 0 bridgehead atoms. The molecule has 1 aromatic heterocycles. The van der Waals surface area contributed by atoms with Crippen LogP contribution < -0.4 is 15.4 Å². The summed E-state index contributed by atoms with van der Waals surface area (Å²) < 4.78 is 40.9. The first-order valence-electron chi connectivity index (χ1n) is 5.29. The van der Waals surface area contributed by atoms with Gasteiger partial charge in [0.05, 0.1) is 7.11 Å². The van der Waals surface area contributed by atoms with E-state index in [1.807, 2.05) is 6.92 Å². The third kappa shape index (κ3) is 5.02. The zero-order valence-electron chi connectivity index (χ0n) is 10.0. The molecular weight excluding hydrogens is 251 g/mol. The van der Waals surface area contributed by atoms with Crippen molar-refractivity contribution in [3.63, 3.8) is 0 Å². The lowest BCUT2D eigenvalue weighted by atomic mass is 10.5. The second kappa shape index (κ2) is 6.22. The molecule has 0 aliphatic heterocycles. The molecule has 0 amide bonds. The molecule has 9 heteroatoms. The zero-order chi connectivity index (χ0) is 13.6. The Kier molecular flexibility index (Phi) is 4.93. The minimum Gasteiger partial charge on any atom is -0.467 e. The lowest BCUT2D eigenvalue weighted by molar-refractivity contribution is -0.115. The first-order chi connectivity index (χ1) is 8.44. The summed E-state index contributed by atoms with van der Waals surface area (Å²) in [6.07, 6.45) is -3.50. The number of nitrogens with one attached hydrogen (secondary N) is 2. The van der Waals surface area contributed by atoms with Gasteiger partial charge in [-0.2, -0.15) is 28.1 Å². The number of methoxy groups -OCH3 is 1. The highest BCUT2D eigenvalue weighted by molar-refractivity contribution is 5.35. The van der Waals surface area contributed by atoms with Crippen LogP contribution in [0.4, 0.5) is 25.1 Å². The molecule has 0 radical (unpaired) electrons. The molecule has 1 rings (SSSR count). The summed E-state index contributed by atoms with van der Waals surface area (Å²) in [7, 11) is 1.33. The molecule has 1 aromatic rings. The van der Waals surface area contributed by atoms with E-state index in [1.165, 1.54) is 7.11 Å². The number of halogens is 3. The molecule has 0 unspecified atom stereocenters. The average Bonchev–Trinajstić information content (AvgIpc) is 2.32. The van der Waals surface area contributed by atoms with Crippen molar-refractivity contribution < 1.29 is 17.9 Å². The van der Waals surface area contributed by atoms with Gasteiger partial charge in [-0.1, -0.05) is 6.92 Å². The van der Waals surface area contributed by atoms with Crippen LogP contribution in [0.1, 0.15) is 13.3 Å². The van der Waals surface area contributed by atoms with Gasteiger partial charge in [-0.3, -0.25) is 0 Å². The predicted octanol–water partition coefficient (Wildman–Crippen LogP) is 1.68. The quantitative estimate of drug-likeness (QED) is 0.815. The van der Waals surface area contributed by atoms with E-state index in [9.17, 15) is 13.2 Å². The van der Waals surface area contributed by atoms with E-state index in [4.69, 9.17) is 4.74 Å². The fraction of sp³-hybridized carbons (Fsp3) is 0.667. The number of ether oxygens (including phenoxy) is 1. The van der Waals surface area contributed by atoms with Crippen molar-refractivity contribution in [3.05, 3.63) is 0 Å². The Morgan fingerprint density at radius 3 is 2.22 bits per heavy atom. The first-order valence-corrected chi connectivity index (χ1v) is 5.29. The number of hydrogen-bond donors (Lipinski definition) is 2. The summed E-state index contributed by atoms with van der Waals surface area (Å²) >= 11 is 0. The first kappa shape index (κ1) is 14.3. The van der Waals surface area contributed by atoms with Gasteiger partial charge in [0.1, 0.15) is 6.54 Å². The maximum atomic E-state index is 12.0. The summed E-state index contributed by atoms with van der Waals surface area (Å²) in [5.74, 6) is -0.00819. The highest BCUT2D eigenvalue weighted by Gasteiger charge is 2.27. The predicted molar refractivity (Wildman–Crippen MR) is 59.7 cm³/mol. The molecule has 2 N–H and O–H groups in total. The highest BCUT2D eigenvalue weighted by atomic mass is 19.4. The monoisotopic (exact) mass is 265 g/mol. The van der Waals surface area contributed by atoms with E-state index in [1.54, 1.807) is 0 Å². The van der Waals surface area contributed by atoms with Crippen LogP contribution in [-0.4, -0.2) is 41.3 Å². The molecule has 6 nitrogen and oxygen atoms in total. The Morgan fingerprint density at radius 1 is 1.11 bits per heavy atom. The summed E-state index contributed by atoms with van der Waals surface area (Å²) in [6, 6.07) is -0.0479. The number of alkyl halides is 3. The Labute approximate surface area is 102 Å². The van der Waals surface area contributed by atoms with Gasteiger partial charge < -0.3 is 15.4 Å². The molecular formula is C9H14F3N5O. The van der Waals surface area contributed by atoms with Crippen LogP contribution in [0.3, 0.4) is 0 Å². The number of anilines is 2. The van der Waals surface area contributed by atoms with Gasteiger partial charge in [0.2, 0.25) is 11.9 Å². The highest BCUT2D eigenvalue weighted by Crippen LogP contribution is 2.16. The molecule has 0 spiro atoms. The van der Waals surface area contributed by atoms with E-state index in [0.717, 1.165) is 6.42 Å². The number of rotatable bonds is 6. The van der Waals surface area contributed by atoms with Gasteiger partial charge in [0.25, 0.3) is 0 Å². The standard InChI is InChI=1S/C9H14F3N5O/c1-3-4-13-6-15-7(14-5-9(10,11)12)17-8(16-6)18-2/h3-5H2,1-2H3,(H2,13,14,15,16,17). The summed E-state index contributed by atoms with van der Waals surface area (Å²) in [4.78, 5) is 11.3. The second-order valence-electron chi connectivity index (χ2n) is 3.36. The lowest BCUT2D eigenvalue weighted by Crippen LogP contribution is -2.23. The van der Waals surface area contributed by atoms with Crippen LogP contribution in [0.25, 0.3) is 0 Å². The van der Waals surface area contributed by atoms with Gasteiger partial charge in [-0.05, 0) is 6.42 Å². The average molecular weight is 265 g/mol. The Balaban J connectivity index is 2.76. The Bertz CT molecular complexity index is 385.